The van der Waals surface area contributed by atoms with Crippen molar-refractivity contribution in [3.63, 3.8) is 0 Å². The third kappa shape index (κ3) is 3.32. The van der Waals surface area contributed by atoms with E-state index in [1.54, 1.807) is 0 Å². The molecular formula is C16H30N2O. The summed E-state index contributed by atoms with van der Waals surface area (Å²) >= 11 is 0. The number of ether oxygens (including phenoxy) is 1. The van der Waals surface area contributed by atoms with Crippen molar-refractivity contribution in [1.82, 2.24) is 10.2 Å². The maximum atomic E-state index is 6.04. The smallest absolute Gasteiger partial charge is 0.0697 e. The molecule has 2 atom stereocenters. The van der Waals surface area contributed by atoms with Crippen LogP contribution in [0.15, 0.2) is 0 Å². The lowest BCUT2D eigenvalue weighted by Crippen LogP contribution is -2.51. The van der Waals surface area contributed by atoms with E-state index in [4.69, 9.17) is 4.74 Å². The molecule has 1 saturated carbocycles. The fraction of sp³-hybridized carbons (Fsp3) is 1.00. The first-order valence-corrected chi connectivity index (χ1v) is 8.35. The highest BCUT2D eigenvalue weighted by Gasteiger charge is 2.43. The molecule has 0 amide bonds. The van der Waals surface area contributed by atoms with Crippen LogP contribution >= 0.6 is 0 Å². The zero-order valence-electron chi connectivity index (χ0n) is 12.5. The third-order valence-electron chi connectivity index (χ3n) is 5.60. The van der Waals surface area contributed by atoms with Crippen LogP contribution in [0.5, 0.6) is 0 Å². The molecule has 0 aromatic heterocycles. The first kappa shape index (κ1) is 13.8. The Bertz CT molecular complexity index is 284. The minimum atomic E-state index is 0.292. The Hall–Kier alpha value is -0.120. The molecule has 110 valence electrons. The normalized spacial score (nSPS) is 34.4. The van der Waals surface area contributed by atoms with E-state index in [1.807, 2.05) is 0 Å². The number of nitrogens with one attached hydrogen (secondary N) is 1. The van der Waals surface area contributed by atoms with Crippen LogP contribution in [0.2, 0.25) is 0 Å². The molecule has 3 aliphatic rings. The molecule has 0 radical (unpaired) electrons. The van der Waals surface area contributed by atoms with Crippen molar-refractivity contribution >= 4 is 0 Å². The van der Waals surface area contributed by atoms with Crippen molar-refractivity contribution in [2.75, 3.05) is 26.7 Å². The van der Waals surface area contributed by atoms with Gasteiger partial charge in [0.15, 0.2) is 0 Å². The average molecular weight is 266 g/mol. The number of hydrogen-bond donors (Lipinski definition) is 1. The predicted molar refractivity (Wildman–Crippen MR) is 78.4 cm³/mol. The minimum absolute atomic E-state index is 0.292. The zero-order valence-corrected chi connectivity index (χ0v) is 12.5. The van der Waals surface area contributed by atoms with Gasteiger partial charge in [-0.1, -0.05) is 6.42 Å². The highest BCUT2D eigenvalue weighted by molar-refractivity contribution is 4.96. The van der Waals surface area contributed by atoms with Crippen LogP contribution in [0, 0.1) is 0 Å². The molecule has 3 fully saturated rings. The lowest BCUT2D eigenvalue weighted by molar-refractivity contribution is -0.146. The molecule has 19 heavy (non-hydrogen) atoms. The van der Waals surface area contributed by atoms with Crippen molar-refractivity contribution in [2.45, 2.75) is 75.5 Å². The second kappa shape index (κ2) is 6.11. The molecule has 1 aliphatic carbocycles. The highest BCUT2D eigenvalue weighted by atomic mass is 16.5. The Balaban J connectivity index is 1.42. The van der Waals surface area contributed by atoms with Crippen LogP contribution in [0.4, 0.5) is 0 Å². The van der Waals surface area contributed by atoms with Crippen molar-refractivity contribution in [2.24, 2.45) is 0 Å². The van der Waals surface area contributed by atoms with Gasteiger partial charge >= 0.3 is 0 Å². The highest BCUT2D eigenvalue weighted by Crippen LogP contribution is 2.43. The van der Waals surface area contributed by atoms with Gasteiger partial charge in [0.05, 0.1) is 5.60 Å². The second-order valence-electron chi connectivity index (χ2n) is 6.95. The summed E-state index contributed by atoms with van der Waals surface area (Å²) in [5.41, 5.74) is 0.292. The van der Waals surface area contributed by atoms with Gasteiger partial charge in [-0.2, -0.15) is 0 Å². The standard InChI is InChI=1S/C16H30N2O/c1-18(11-6-14-5-2-3-10-17-14)15-7-12-19-16(13-15)8-4-9-16/h14-15,17H,2-13H2,1H3. The number of nitrogens with zero attached hydrogens (tertiary/aromatic N) is 1. The molecule has 0 aromatic rings. The Morgan fingerprint density at radius 3 is 2.79 bits per heavy atom. The summed E-state index contributed by atoms with van der Waals surface area (Å²) in [4.78, 5) is 2.61. The van der Waals surface area contributed by atoms with Gasteiger partial charge in [0.1, 0.15) is 0 Å². The molecule has 3 heteroatoms. The second-order valence-corrected chi connectivity index (χ2v) is 6.95. The Kier molecular flexibility index (Phi) is 4.45. The van der Waals surface area contributed by atoms with Gasteiger partial charge in [-0.15, -0.1) is 0 Å². The largest absolute Gasteiger partial charge is 0.375 e. The van der Waals surface area contributed by atoms with Gasteiger partial charge in [-0.25, -0.2) is 0 Å². The van der Waals surface area contributed by atoms with Crippen molar-refractivity contribution in [3.05, 3.63) is 0 Å². The minimum Gasteiger partial charge on any atom is -0.375 e. The average Bonchev–Trinajstić information content (AvgIpc) is 2.44. The summed E-state index contributed by atoms with van der Waals surface area (Å²) in [5.74, 6) is 0. The van der Waals surface area contributed by atoms with Crippen LogP contribution in [-0.2, 0) is 4.74 Å². The summed E-state index contributed by atoms with van der Waals surface area (Å²) < 4.78 is 6.04. The molecule has 2 unspecified atom stereocenters. The number of rotatable bonds is 4. The lowest BCUT2D eigenvalue weighted by Gasteiger charge is -2.49. The Labute approximate surface area is 118 Å². The molecule has 0 bridgehead atoms. The van der Waals surface area contributed by atoms with E-state index in [-0.39, 0.29) is 0 Å². The van der Waals surface area contributed by atoms with Crippen molar-refractivity contribution in [3.8, 4) is 0 Å². The third-order valence-corrected chi connectivity index (χ3v) is 5.60. The quantitative estimate of drug-likeness (QED) is 0.846. The molecule has 2 aliphatic heterocycles. The SMILES string of the molecule is CN(CCC1CCCCN1)C1CCOC2(CCC2)C1. The number of piperidine rings is 1. The van der Waals surface area contributed by atoms with Crippen molar-refractivity contribution < 1.29 is 4.74 Å². The summed E-state index contributed by atoms with van der Waals surface area (Å²) in [6, 6.07) is 1.53. The van der Waals surface area contributed by atoms with E-state index in [2.05, 4.69) is 17.3 Å². The van der Waals surface area contributed by atoms with Crippen LogP contribution in [0.1, 0.15) is 57.8 Å². The van der Waals surface area contributed by atoms with Gasteiger partial charge in [0.25, 0.3) is 0 Å². The first-order valence-electron chi connectivity index (χ1n) is 8.35. The monoisotopic (exact) mass is 266 g/mol. The topological polar surface area (TPSA) is 24.5 Å². The van der Waals surface area contributed by atoms with E-state index >= 15 is 0 Å². The van der Waals surface area contributed by atoms with Crippen molar-refractivity contribution in [1.29, 1.82) is 0 Å². The van der Waals surface area contributed by atoms with Crippen LogP contribution in [0.25, 0.3) is 0 Å². The molecule has 1 spiro atoms. The molecule has 2 saturated heterocycles. The molecule has 1 N–H and O–H groups in total. The zero-order chi connectivity index (χ0) is 13.1. The van der Waals surface area contributed by atoms with E-state index in [9.17, 15) is 0 Å². The van der Waals surface area contributed by atoms with Gasteiger partial charge in [-0.05, 0) is 71.5 Å². The molecule has 2 heterocycles. The Morgan fingerprint density at radius 2 is 2.11 bits per heavy atom. The maximum Gasteiger partial charge on any atom is 0.0697 e. The number of hydrogen-bond acceptors (Lipinski definition) is 3. The van der Waals surface area contributed by atoms with Crippen LogP contribution in [0.3, 0.4) is 0 Å². The van der Waals surface area contributed by atoms with Crippen LogP contribution in [-0.4, -0.2) is 49.3 Å². The van der Waals surface area contributed by atoms with E-state index in [1.165, 1.54) is 70.9 Å². The summed E-state index contributed by atoms with van der Waals surface area (Å²) in [6.45, 7) is 3.46. The first-order chi connectivity index (χ1) is 9.27. The molecule has 3 rings (SSSR count). The van der Waals surface area contributed by atoms with Gasteiger partial charge in [0, 0.05) is 18.7 Å². The van der Waals surface area contributed by atoms with Crippen LogP contribution < -0.4 is 5.32 Å². The molecule has 3 nitrogen and oxygen atoms in total. The summed E-state index contributed by atoms with van der Waals surface area (Å²) in [5, 5.41) is 3.66. The van der Waals surface area contributed by atoms with Gasteiger partial charge < -0.3 is 15.0 Å². The fourth-order valence-electron chi connectivity index (χ4n) is 4.01. The van der Waals surface area contributed by atoms with E-state index < -0.39 is 0 Å². The summed E-state index contributed by atoms with van der Waals surface area (Å²) in [6.07, 6.45) is 12.0. The van der Waals surface area contributed by atoms with Gasteiger partial charge in [0.2, 0.25) is 0 Å². The fourth-order valence-corrected chi connectivity index (χ4v) is 4.01. The van der Waals surface area contributed by atoms with Gasteiger partial charge in [-0.3, -0.25) is 0 Å². The van der Waals surface area contributed by atoms with E-state index in [0.29, 0.717) is 5.60 Å². The maximum absolute atomic E-state index is 6.04. The molecular weight excluding hydrogens is 236 g/mol. The summed E-state index contributed by atoms with van der Waals surface area (Å²) in [7, 11) is 2.32. The lowest BCUT2D eigenvalue weighted by atomic mass is 9.73. The predicted octanol–water partition coefficient (Wildman–Crippen LogP) is 2.55. The molecule has 0 aromatic carbocycles. The van der Waals surface area contributed by atoms with E-state index in [0.717, 1.165) is 18.7 Å². The Morgan fingerprint density at radius 1 is 1.21 bits per heavy atom.